The minimum absolute atomic E-state index is 0.255. The van der Waals surface area contributed by atoms with Crippen LogP contribution in [-0.4, -0.2) is 39.7 Å². The van der Waals surface area contributed by atoms with Crippen molar-refractivity contribution in [3.05, 3.63) is 34.8 Å². The lowest BCUT2D eigenvalue weighted by molar-refractivity contribution is 0.103. The Morgan fingerprint density at radius 1 is 1.30 bits per heavy atom. The average Bonchev–Trinajstić information content (AvgIpc) is 2.88. The minimum Gasteiger partial charge on any atom is -0.497 e. The summed E-state index contributed by atoms with van der Waals surface area (Å²) in [6, 6.07) is 6.91. The smallest absolute Gasteiger partial charge is 0.267 e. The van der Waals surface area contributed by atoms with E-state index >= 15 is 0 Å². The van der Waals surface area contributed by atoms with Crippen LogP contribution in [0.15, 0.2) is 24.3 Å². The van der Waals surface area contributed by atoms with Crippen molar-refractivity contribution in [3.8, 4) is 5.75 Å². The highest BCUT2D eigenvalue weighted by atomic mass is 32.2. The van der Waals surface area contributed by atoms with Gasteiger partial charge in [-0.3, -0.25) is 4.79 Å². The van der Waals surface area contributed by atoms with E-state index in [-0.39, 0.29) is 11.0 Å². The molecule has 2 aromatic rings. The van der Waals surface area contributed by atoms with Crippen LogP contribution in [0, 0.1) is 6.92 Å². The van der Waals surface area contributed by atoms with Crippen molar-refractivity contribution < 1.29 is 17.9 Å². The molecule has 0 atom stereocenters. The second kappa shape index (κ2) is 6.55. The molecule has 7 nitrogen and oxygen atoms in total. The van der Waals surface area contributed by atoms with Gasteiger partial charge in [0.05, 0.1) is 19.1 Å². The van der Waals surface area contributed by atoms with Gasteiger partial charge in [0, 0.05) is 12.7 Å². The summed E-state index contributed by atoms with van der Waals surface area (Å²) < 4.78 is 29.2. The quantitative estimate of drug-likeness (QED) is 0.887. The third kappa shape index (κ3) is 3.99. The number of nitrogens with one attached hydrogen (secondary N) is 1. The maximum atomic E-state index is 12.3. The highest BCUT2D eigenvalue weighted by Gasteiger charge is 2.21. The lowest BCUT2D eigenvalue weighted by Gasteiger charge is -2.11. The summed E-state index contributed by atoms with van der Waals surface area (Å²) in [6.07, 6.45) is 1.08. The van der Waals surface area contributed by atoms with Crippen LogP contribution in [0.2, 0.25) is 0 Å². The predicted octanol–water partition coefficient (Wildman–Crippen LogP) is 2.11. The molecule has 9 heteroatoms. The van der Waals surface area contributed by atoms with Crippen LogP contribution in [0.5, 0.6) is 5.75 Å². The molecule has 0 saturated heterocycles. The first kappa shape index (κ1) is 17.2. The van der Waals surface area contributed by atoms with E-state index in [2.05, 4.69) is 10.3 Å². The summed E-state index contributed by atoms with van der Waals surface area (Å²) >= 11 is 1.03. The Morgan fingerprint density at radius 2 is 1.91 bits per heavy atom. The third-order valence-corrected chi connectivity index (χ3v) is 5.62. The number of methoxy groups -OCH3 is 1. The van der Waals surface area contributed by atoms with Crippen LogP contribution in [0.1, 0.15) is 15.4 Å². The van der Waals surface area contributed by atoms with Gasteiger partial charge in [0.2, 0.25) is 10.0 Å². The van der Waals surface area contributed by atoms with Crippen LogP contribution >= 0.6 is 11.3 Å². The van der Waals surface area contributed by atoms with Crippen LogP contribution in [0.4, 0.5) is 10.8 Å². The van der Waals surface area contributed by atoms with Crippen molar-refractivity contribution in [3.63, 3.8) is 0 Å². The number of aryl methyl sites for hydroxylation is 1. The summed E-state index contributed by atoms with van der Waals surface area (Å²) in [4.78, 5) is 16.9. The maximum absolute atomic E-state index is 12.3. The molecule has 0 aliphatic rings. The Labute approximate surface area is 139 Å². The third-order valence-electron chi connectivity index (χ3n) is 3.11. The normalized spacial score (nSPS) is 11.1. The number of ether oxygens (including phenoxy) is 1. The van der Waals surface area contributed by atoms with Gasteiger partial charge < -0.3 is 10.1 Å². The molecule has 2 rings (SSSR count). The number of amides is 1. The van der Waals surface area contributed by atoms with E-state index in [1.165, 1.54) is 7.05 Å². The first-order valence-electron chi connectivity index (χ1n) is 6.59. The van der Waals surface area contributed by atoms with Gasteiger partial charge in [-0.1, -0.05) is 11.3 Å². The molecule has 0 bridgehead atoms. The molecule has 124 valence electrons. The average molecular weight is 355 g/mol. The molecule has 1 amide bonds. The summed E-state index contributed by atoms with van der Waals surface area (Å²) in [7, 11) is -0.451. The summed E-state index contributed by atoms with van der Waals surface area (Å²) in [6.45, 7) is 1.67. The fourth-order valence-electron chi connectivity index (χ4n) is 1.73. The monoisotopic (exact) mass is 355 g/mol. The number of carbonyl (C=O) groups excluding carboxylic acids is 1. The highest BCUT2D eigenvalue weighted by Crippen LogP contribution is 2.27. The van der Waals surface area contributed by atoms with Gasteiger partial charge in [-0.05, 0) is 31.2 Å². The van der Waals surface area contributed by atoms with Gasteiger partial charge in [-0.25, -0.2) is 17.7 Å². The van der Waals surface area contributed by atoms with Crippen molar-refractivity contribution in [1.82, 2.24) is 4.98 Å². The SMILES string of the molecule is COc1ccc(NC(=O)c2sc(N(C)S(C)(=O)=O)nc2C)cc1. The zero-order chi connectivity index (χ0) is 17.2. The molecule has 0 spiro atoms. The van der Waals surface area contributed by atoms with Crippen LogP contribution in [0.3, 0.4) is 0 Å². The molecule has 0 aliphatic carbocycles. The Hall–Kier alpha value is -2.13. The van der Waals surface area contributed by atoms with Gasteiger partial charge in [0.1, 0.15) is 10.6 Å². The zero-order valence-corrected chi connectivity index (χ0v) is 14.8. The Kier molecular flexibility index (Phi) is 4.90. The van der Waals surface area contributed by atoms with Crippen molar-refractivity contribution in [1.29, 1.82) is 0 Å². The van der Waals surface area contributed by atoms with Crippen LogP contribution < -0.4 is 14.4 Å². The van der Waals surface area contributed by atoms with Crippen molar-refractivity contribution in [2.24, 2.45) is 0 Å². The number of sulfonamides is 1. The number of carbonyl (C=O) groups is 1. The largest absolute Gasteiger partial charge is 0.497 e. The van der Waals surface area contributed by atoms with Crippen molar-refractivity contribution >= 4 is 38.1 Å². The van der Waals surface area contributed by atoms with Gasteiger partial charge in [-0.15, -0.1) is 0 Å². The standard InChI is InChI=1S/C14H17N3O4S2/c1-9-12(22-14(15-9)17(2)23(4,19)20)13(18)16-10-5-7-11(21-3)8-6-10/h5-8H,1-4H3,(H,16,18). The molecule has 0 aliphatic heterocycles. The number of rotatable bonds is 5. The molecule has 1 aromatic carbocycles. The van der Waals surface area contributed by atoms with Crippen molar-refractivity contribution in [2.75, 3.05) is 30.0 Å². The Bertz CT molecular complexity index is 813. The van der Waals surface area contributed by atoms with Crippen LogP contribution in [0.25, 0.3) is 0 Å². The van der Waals surface area contributed by atoms with E-state index in [0.29, 0.717) is 22.0 Å². The summed E-state index contributed by atoms with van der Waals surface area (Å²) in [5.74, 6) is 0.354. The Balaban J connectivity index is 2.21. The molecule has 0 radical (unpaired) electrons. The summed E-state index contributed by atoms with van der Waals surface area (Å²) in [5.41, 5.74) is 1.09. The Morgan fingerprint density at radius 3 is 2.43 bits per heavy atom. The number of benzene rings is 1. The van der Waals surface area contributed by atoms with E-state index in [1.807, 2.05) is 0 Å². The lowest BCUT2D eigenvalue weighted by Crippen LogP contribution is -2.24. The fraction of sp³-hybridized carbons (Fsp3) is 0.286. The molecule has 1 aromatic heterocycles. The molecular weight excluding hydrogens is 338 g/mol. The molecule has 0 fully saturated rings. The number of nitrogens with zero attached hydrogens (tertiary/aromatic N) is 2. The molecule has 0 saturated carbocycles. The highest BCUT2D eigenvalue weighted by molar-refractivity contribution is 7.92. The number of anilines is 2. The maximum Gasteiger partial charge on any atom is 0.267 e. The molecule has 1 heterocycles. The first-order valence-corrected chi connectivity index (χ1v) is 9.25. The predicted molar refractivity (Wildman–Crippen MR) is 91.0 cm³/mol. The van der Waals surface area contributed by atoms with Crippen molar-refractivity contribution in [2.45, 2.75) is 6.92 Å². The van der Waals surface area contributed by atoms with E-state index < -0.39 is 10.0 Å². The second-order valence-corrected chi connectivity index (χ2v) is 7.82. The molecular formula is C14H17N3O4S2. The lowest BCUT2D eigenvalue weighted by atomic mass is 10.3. The molecule has 23 heavy (non-hydrogen) atoms. The zero-order valence-electron chi connectivity index (χ0n) is 13.2. The van der Waals surface area contributed by atoms with Gasteiger partial charge in [0.15, 0.2) is 5.13 Å². The molecule has 0 unspecified atom stereocenters. The number of hydrogen-bond donors (Lipinski definition) is 1. The summed E-state index contributed by atoms with van der Waals surface area (Å²) in [5, 5.41) is 3.00. The number of aromatic nitrogens is 1. The van der Waals surface area contributed by atoms with E-state index in [4.69, 9.17) is 4.74 Å². The van der Waals surface area contributed by atoms with Gasteiger partial charge >= 0.3 is 0 Å². The van der Waals surface area contributed by atoms with Crippen LogP contribution in [-0.2, 0) is 10.0 Å². The fourth-order valence-corrected chi connectivity index (χ4v) is 3.40. The van der Waals surface area contributed by atoms with E-state index in [9.17, 15) is 13.2 Å². The van der Waals surface area contributed by atoms with E-state index in [0.717, 1.165) is 21.9 Å². The van der Waals surface area contributed by atoms with E-state index in [1.54, 1.807) is 38.3 Å². The van der Waals surface area contributed by atoms with Gasteiger partial charge in [-0.2, -0.15) is 0 Å². The topological polar surface area (TPSA) is 88.6 Å². The second-order valence-electron chi connectivity index (χ2n) is 4.82. The van der Waals surface area contributed by atoms with Gasteiger partial charge in [0.25, 0.3) is 5.91 Å². The molecule has 1 N–H and O–H groups in total. The number of hydrogen-bond acceptors (Lipinski definition) is 6. The number of thiazole rings is 1. The minimum atomic E-state index is -3.42. The first-order chi connectivity index (χ1) is 10.7.